The zero-order valence-electron chi connectivity index (χ0n) is 13.7. The van der Waals surface area contributed by atoms with E-state index in [1.54, 1.807) is 11.8 Å². The SMILES string of the molecule is CCCOc1ccc(OCC(=O)N2CCSc3ccccc32)cc1. The minimum Gasteiger partial charge on any atom is -0.494 e. The lowest BCUT2D eigenvalue weighted by Gasteiger charge is -2.28. The summed E-state index contributed by atoms with van der Waals surface area (Å²) in [5.41, 5.74) is 0.977. The number of para-hydroxylation sites is 1. The molecule has 24 heavy (non-hydrogen) atoms. The second-order valence-corrected chi connectivity index (χ2v) is 6.61. The minimum absolute atomic E-state index is 0.0194. The van der Waals surface area contributed by atoms with Crippen LogP contribution in [0.15, 0.2) is 53.4 Å². The molecule has 0 saturated carbocycles. The van der Waals surface area contributed by atoms with Gasteiger partial charge in [0.1, 0.15) is 11.5 Å². The number of hydrogen-bond donors (Lipinski definition) is 0. The van der Waals surface area contributed by atoms with Gasteiger partial charge >= 0.3 is 0 Å². The van der Waals surface area contributed by atoms with Crippen LogP contribution >= 0.6 is 11.8 Å². The molecule has 126 valence electrons. The van der Waals surface area contributed by atoms with E-state index in [4.69, 9.17) is 9.47 Å². The van der Waals surface area contributed by atoms with Crippen LogP contribution in [0, 0.1) is 0 Å². The number of benzene rings is 2. The fraction of sp³-hybridized carbons (Fsp3) is 0.316. The van der Waals surface area contributed by atoms with Gasteiger partial charge in [0.15, 0.2) is 6.61 Å². The number of ether oxygens (including phenoxy) is 2. The van der Waals surface area contributed by atoms with Crippen LogP contribution < -0.4 is 14.4 Å². The summed E-state index contributed by atoms with van der Waals surface area (Å²) >= 11 is 1.78. The van der Waals surface area contributed by atoms with E-state index in [0.717, 1.165) is 28.5 Å². The summed E-state index contributed by atoms with van der Waals surface area (Å²) in [5, 5.41) is 0. The van der Waals surface area contributed by atoms with Crippen molar-refractivity contribution in [3.8, 4) is 11.5 Å². The van der Waals surface area contributed by atoms with Crippen LogP contribution in [0.2, 0.25) is 0 Å². The summed E-state index contributed by atoms with van der Waals surface area (Å²) in [4.78, 5) is 15.5. The van der Waals surface area contributed by atoms with Gasteiger partial charge in [0.25, 0.3) is 5.91 Å². The van der Waals surface area contributed by atoms with Gasteiger partial charge in [-0.1, -0.05) is 19.1 Å². The number of fused-ring (bicyclic) bond motifs is 1. The van der Waals surface area contributed by atoms with E-state index in [9.17, 15) is 4.79 Å². The maximum absolute atomic E-state index is 12.5. The Kier molecular flexibility index (Phi) is 5.64. The van der Waals surface area contributed by atoms with Gasteiger partial charge in [-0.2, -0.15) is 0 Å². The smallest absolute Gasteiger partial charge is 0.264 e. The Labute approximate surface area is 146 Å². The average Bonchev–Trinajstić information content (AvgIpc) is 2.64. The molecule has 0 radical (unpaired) electrons. The highest BCUT2D eigenvalue weighted by molar-refractivity contribution is 7.99. The van der Waals surface area contributed by atoms with Crippen LogP contribution in [0.1, 0.15) is 13.3 Å². The van der Waals surface area contributed by atoms with Gasteiger partial charge in [-0.3, -0.25) is 4.79 Å². The number of thioether (sulfide) groups is 1. The molecule has 0 fully saturated rings. The van der Waals surface area contributed by atoms with Gasteiger partial charge in [0, 0.05) is 17.2 Å². The average molecular weight is 343 g/mol. The van der Waals surface area contributed by atoms with Gasteiger partial charge < -0.3 is 14.4 Å². The predicted octanol–water partition coefficient (Wildman–Crippen LogP) is 3.99. The van der Waals surface area contributed by atoms with Crippen LogP contribution in [-0.2, 0) is 4.79 Å². The lowest BCUT2D eigenvalue weighted by Crippen LogP contribution is -2.38. The second kappa shape index (κ2) is 8.11. The number of amides is 1. The quantitative estimate of drug-likeness (QED) is 0.795. The molecule has 3 rings (SSSR count). The summed E-state index contributed by atoms with van der Waals surface area (Å²) in [7, 11) is 0. The maximum Gasteiger partial charge on any atom is 0.264 e. The maximum atomic E-state index is 12.5. The van der Waals surface area contributed by atoms with Crippen LogP contribution in [-0.4, -0.2) is 31.4 Å². The Hall–Kier alpha value is -2.14. The summed E-state index contributed by atoms with van der Waals surface area (Å²) in [6, 6.07) is 15.4. The first kappa shape index (κ1) is 16.7. The first-order chi connectivity index (χ1) is 11.8. The Bertz CT molecular complexity index is 687. The van der Waals surface area contributed by atoms with Gasteiger partial charge in [0.05, 0.1) is 12.3 Å². The van der Waals surface area contributed by atoms with Gasteiger partial charge in [-0.15, -0.1) is 11.8 Å². The molecule has 0 N–H and O–H groups in total. The Balaban J connectivity index is 1.58. The van der Waals surface area contributed by atoms with Gasteiger partial charge in [-0.05, 0) is 42.8 Å². The summed E-state index contributed by atoms with van der Waals surface area (Å²) in [5.74, 6) is 2.38. The molecule has 0 atom stereocenters. The highest BCUT2D eigenvalue weighted by Gasteiger charge is 2.22. The third-order valence-corrected chi connectivity index (χ3v) is 4.73. The van der Waals surface area contributed by atoms with Crippen molar-refractivity contribution in [2.24, 2.45) is 0 Å². The molecule has 1 heterocycles. The molecule has 1 amide bonds. The number of carbonyl (C=O) groups is 1. The first-order valence-corrected chi connectivity index (χ1v) is 9.14. The third kappa shape index (κ3) is 4.03. The van der Waals surface area contributed by atoms with Crippen molar-refractivity contribution in [1.82, 2.24) is 0 Å². The topological polar surface area (TPSA) is 38.8 Å². The largest absolute Gasteiger partial charge is 0.494 e. The zero-order valence-corrected chi connectivity index (χ0v) is 14.6. The molecule has 1 aliphatic heterocycles. The Morgan fingerprint density at radius 2 is 1.79 bits per heavy atom. The van der Waals surface area contributed by atoms with Crippen molar-refractivity contribution in [2.45, 2.75) is 18.2 Å². The number of nitrogens with zero attached hydrogens (tertiary/aromatic N) is 1. The highest BCUT2D eigenvalue weighted by atomic mass is 32.2. The normalized spacial score (nSPS) is 13.3. The molecule has 0 aromatic heterocycles. The van der Waals surface area contributed by atoms with Crippen molar-refractivity contribution in [3.63, 3.8) is 0 Å². The van der Waals surface area contributed by atoms with E-state index in [0.29, 0.717) is 18.9 Å². The molecule has 0 bridgehead atoms. The van der Waals surface area contributed by atoms with Crippen LogP contribution in [0.25, 0.3) is 0 Å². The summed E-state index contributed by atoms with van der Waals surface area (Å²) in [6.07, 6.45) is 0.975. The van der Waals surface area contributed by atoms with Crippen LogP contribution in [0.3, 0.4) is 0 Å². The molecule has 0 saturated heterocycles. The minimum atomic E-state index is -0.0194. The summed E-state index contributed by atoms with van der Waals surface area (Å²) < 4.78 is 11.2. The number of hydrogen-bond acceptors (Lipinski definition) is 4. The van der Waals surface area contributed by atoms with E-state index >= 15 is 0 Å². The van der Waals surface area contributed by atoms with E-state index in [2.05, 4.69) is 13.0 Å². The van der Waals surface area contributed by atoms with Crippen molar-refractivity contribution >= 4 is 23.4 Å². The number of rotatable bonds is 6. The van der Waals surface area contributed by atoms with Crippen LogP contribution in [0.4, 0.5) is 5.69 Å². The fourth-order valence-electron chi connectivity index (χ4n) is 2.50. The molecule has 0 spiro atoms. The van der Waals surface area contributed by atoms with E-state index in [1.807, 2.05) is 47.4 Å². The van der Waals surface area contributed by atoms with Crippen LogP contribution in [0.5, 0.6) is 11.5 Å². The predicted molar refractivity (Wildman–Crippen MR) is 97.2 cm³/mol. The van der Waals surface area contributed by atoms with Crippen molar-refractivity contribution in [2.75, 3.05) is 30.4 Å². The lowest BCUT2D eigenvalue weighted by molar-refractivity contribution is -0.120. The second-order valence-electron chi connectivity index (χ2n) is 5.47. The van der Waals surface area contributed by atoms with E-state index in [-0.39, 0.29) is 12.5 Å². The summed E-state index contributed by atoms with van der Waals surface area (Å²) in [6.45, 7) is 3.52. The molecule has 5 heteroatoms. The Morgan fingerprint density at radius 1 is 1.08 bits per heavy atom. The number of carbonyl (C=O) groups excluding carboxylic acids is 1. The first-order valence-electron chi connectivity index (χ1n) is 8.16. The van der Waals surface area contributed by atoms with Gasteiger partial charge in [-0.25, -0.2) is 0 Å². The zero-order chi connectivity index (χ0) is 16.8. The molecule has 1 aliphatic rings. The molecular weight excluding hydrogens is 322 g/mol. The number of anilines is 1. The van der Waals surface area contributed by atoms with Crippen molar-refractivity contribution in [3.05, 3.63) is 48.5 Å². The standard InChI is InChI=1S/C19H21NO3S/c1-2-12-22-15-7-9-16(10-8-15)23-14-19(21)20-11-13-24-18-6-4-3-5-17(18)20/h3-10H,2,11-14H2,1H3. The lowest BCUT2D eigenvalue weighted by atomic mass is 10.2. The molecule has 2 aromatic carbocycles. The van der Waals surface area contributed by atoms with E-state index in [1.165, 1.54) is 0 Å². The monoisotopic (exact) mass is 343 g/mol. The molecule has 0 unspecified atom stereocenters. The van der Waals surface area contributed by atoms with Crippen molar-refractivity contribution in [1.29, 1.82) is 0 Å². The van der Waals surface area contributed by atoms with E-state index < -0.39 is 0 Å². The fourth-order valence-corrected chi connectivity index (χ4v) is 3.50. The molecular formula is C19H21NO3S. The molecule has 4 nitrogen and oxygen atoms in total. The molecule has 0 aliphatic carbocycles. The van der Waals surface area contributed by atoms with Crippen molar-refractivity contribution < 1.29 is 14.3 Å². The highest BCUT2D eigenvalue weighted by Crippen LogP contribution is 2.34. The molecule has 2 aromatic rings. The van der Waals surface area contributed by atoms with Gasteiger partial charge in [0.2, 0.25) is 0 Å². The third-order valence-electron chi connectivity index (χ3n) is 3.69. The Morgan fingerprint density at radius 3 is 2.54 bits per heavy atom.